The van der Waals surface area contributed by atoms with Crippen LogP contribution >= 0.6 is 11.6 Å². The maximum absolute atomic E-state index is 13.4. The summed E-state index contributed by atoms with van der Waals surface area (Å²) in [6, 6.07) is 8.66. The van der Waals surface area contributed by atoms with Crippen LogP contribution < -0.4 is 4.90 Å². The van der Waals surface area contributed by atoms with Gasteiger partial charge in [0.1, 0.15) is 11.6 Å². The first kappa shape index (κ1) is 14.7. The maximum atomic E-state index is 13.4. The van der Waals surface area contributed by atoms with Crippen molar-refractivity contribution in [3.05, 3.63) is 47.2 Å². The van der Waals surface area contributed by atoms with Gasteiger partial charge in [-0.25, -0.2) is 9.18 Å². The van der Waals surface area contributed by atoms with Crippen LogP contribution in [0.15, 0.2) is 36.4 Å². The van der Waals surface area contributed by atoms with Gasteiger partial charge in [-0.3, -0.25) is 4.90 Å². The number of anilines is 1. The molecule has 0 saturated carbocycles. The van der Waals surface area contributed by atoms with Crippen molar-refractivity contribution in [2.45, 2.75) is 0 Å². The Kier molecular flexibility index (Phi) is 3.66. The van der Waals surface area contributed by atoms with E-state index >= 15 is 0 Å². The predicted octanol–water partition coefficient (Wildman–Crippen LogP) is 3.72. The number of amides is 2. The second kappa shape index (κ2) is 5.50. The van der Waals surface area contributed by atoms with Gasteiger partial charge in [0.05, 0.1) is 10.7 Å². The van der Waals surface area contributed by atoms with Gasteiger partial charge < -0.3 is 10.0 Å². The lowest BCUT2D eigenvalue weighted by Crippen LogP contribution is -2.29. The van der Waals surface area contributed by atoms with Gasteiger partial charge in [0.2, 0.25) is 0 Å². The summed E-state index contributed by atoms with van der Waals surface area (Å²) in [4.78, 5) is 15.2. The second-order valence-electron chi connectivity index (χ2n) is 5.18. The van der Waals surface area contributed by atoms with Crippen molar-refractivity contribution in [1.82, 2.24) is 4.90 Å². The van der Waals surface area contributed by atoms with Crippen LogP contribution in [0, 0.1) is 5.82 Å². The van der Waals surface area contributed by atoms with Crippen molar-refractivity contribution >= 4 is 23.3 Å². The number of nitrogens with zero attached hydrogens (tertiary/aromatic N) is 2. The quantitative estimate of drug-likeness (QED) is 0.916. The molecule has 1 aliphatic rings. The molecule has 1 aliphatic heterocycles. The van der Waals surface area contributed by atoms with Crippen LogP contribution in [0.2, 0.25) is 5.02 Å². The van der Waals surface area contributed by atoms with Gasteiger partial charge in [-0.2, -0.15) is 0 Å². The van der Waals surface area contributed by atoms with Crippen LogP contribution in [0.3, 0.4) is 0 Å². The van der Waals surface area contributed by atoms with Gasteiger partial charge in [-0.05, 0) is 35.9 Å². The molecule has 1 N–H and O–H groups in total. The van der Waals surface area contributed by atoms with Crippen LogP contribution in [0.5, 0.6) is 5.75 Å². The smallest absolute Gasteiger partial charge is 0.324 e. The van der Waals surface area contributed by atoms with E-state index in [0.29, 0.717) is 34.9 Å². The summed E-state index contributed by atoms with van der Waals surface area (Å²) in [6.45, 7) is 1.21. The van der Waals surface area contributed by atoms with Crippen molar-refractivity contribution < 1.29 is 14.3 Å². The molecule has 1 saturated heterocycles. The molecule has 0 unspecified atom stereocenters. The number of carbonyl (C=O) groups excluding carboxylic acids is 1. The topological polar surface area (TPSA) is 43.8 Å². The Morgan fingerprint density at radius 3 is 2.59 bits per heavy atom. The normalized spacial score (nSPS) is 14.8. The number of benzene rings is 2. The van der Waals surface area contributed by atoms with Gasteiger partial charge in [-0.15, -0.1) is 0 Å². The van der Waals surface area contributed by atoms with Gasteiger partial charge in [0.25, 0.3) is 0 Å². The van der Waals surface area contributed by atoms with Gasteiger partial charge in [0, 0.05) is 25.7 Å². The molecule has 114 valence electrons. The monoisotopic (exact) mass is 320 g/mol. The van der Waals surface area contributed by atoms with Crippen LogP contribution in [0.1, 0.15) is 0 Å². The summed E-state index contributed by atoms with van der Waals surface area (Å²) in [6.07, 6.45) is 0. The summed E-state index contributed by atoms with van der Waals surface area (Å²) >= 11 is 6.28. The molecule has 0 bridgehead atoms. The minimum atomic E-state index is -0.440. The first-order valence-electron chi connectivity index (χ1n) is 6.78. The Bertz CT molecular complexity index is 751. The molecule has 2 aromatic carbocycles. The second-order valence-corrected chi connectivity index (χ2v) is 5.59. The number of urea groups is 1. The molecule has 2 aromatic rings. The fourth-order valence-electron chi connectivity index (χ4n) is 2.50. The number of hydrogen-bond donors (Lipinski definition) is 1. The van der Waals surface area contributed by atoms with E-state index in [-0.39, 0.29) is 11.8 Å². The van der Waals surface area contributed by atoms with Crippen molar-refractivity contribution in [3.63, 3.8) is 0 Å². The average Bonchev–Trinajstić information content (AvgIpc) is 2.82. The molecular weight excluding hydrogens is 307 g/mol. The molecule has 0 atom stereocenters. The summed E-state index contributed by atoms with van der Waals surface area (Å²) in [5, 5.41) is 10.2. The molecule has 6 heteroatoms. The number of halogens is 2. The lowest BCUT2D eigenvalue weighted by molar-refractivity contribution is 0.229. The molecule has 4 nitrogen and oxygen atoms in total. The molecule has 3 rings (SSSR count). The number of carbonyl (C=O) groups is 1. The minimum Gasteiger partial charge on any atom is -0.507 e. The molecule has 0 spiro atoms. The fraction of sp³-hybridized carbons (Fsp3) is 0.188. The van der Waals surface area contributed by atoms with E-state index in [9.17, 15) is 14.3 Å². The Morgan fingerprint density at radius 1 is 1.18 bits per heavy atom. The van der Waals surface area contributed by atoms with Crippen LogP contribution in [-0.2, 0) is 0 Å². The zero-order valence-corrected chi connectivity index (χ0v) is 12.6. The largest absolute Gasteiger partial charge is 0.507 e. The highest BCUT2D eigenvalue weighted by Crippen LogP contribution is 2.36. The van der Waals surface area contributed by atoms with Crippen molar-refractivity contribution in [3.8, 4) is 16.9 Å². The van der Waals surface area contributed by atoms with Crippen molar-refractivity contribution in [2.24, 2.45) is 0 Å². The lowest BCUT2D eigenvalue weighted by atomic mass is 10.0. The highest BCUT2D eigenvalue weighted by molar-refractivity contribution is 6.34. The maximum Gasteiger partial charge on any atom is 0.324 e. The third kappa shape index (κ3) is 2.48. The van der Waals surface area contributed by atoms with E-state index in [2.05, 4.69) is 0 Å². The Hall–Kier alpha value is -2.27. The van der Waals surface area contributed by atoms with Crippen LogP contribution in [-0.4, -0.2) is 36.2 Å². The van der Waals surface area contributed by atoms with E-state index in [1.165, 1.54) is 18.2 Å². The van der Waals surface area contributed by atoms with Crippen LogP contribution in [0.4, 0.5) is 14.9 Å². The first-order valence-corrected chi connectivity index (χ1v) is 7.16. The van der Waals surface area contributed by atoms with Crippen molar-refractivity contribution in [1.29, 1.82) is 0 Å². The number of rotatable bonds is 2. The number of aromatic hydroxyl groups is 1. The standard InChI is InChI=1S/C16H14ClFN2O2/c1-19-6-7-20(16(19)22)14-4-2-10(8-13(14)17)12-9-11(18)3-5-15(12)21/h2-5,8-9,21H,6-7H2,1H3. The number of phenolic OH excluding ortho intramolecular Hbond substituents is 1. The Morgan fingerprint density at radius 2 is 1.95 bits per heavy atom. The van der Waals surface area contributed by atoms with Crippen LogP contribution in [0.25, 0.3) is 11.1 Å². The lowest BCUT2D eigenvalue weighted by Gasteiger charge is -2.18. The summed E-state index contributed by atoms with van der Waals surface area (Å²) in [5.41, 5.74) is 1.56. The Balaban J connectivity index is 1.99. The third-order valence-electron chi connectivity index (χ3n) is 3.72. The molecule has 22 heavy (non-hydrogen) atoms. The molecule has 0 radical (unpaired) electrons. The third-order valence-corrected chi connectivity index (χ3v) is 4.03. The van der Waals surface area contributed by atoms with E-state index in [0.717, 1.165) is 0 Å². The fourth-order valence-corrected chi connectivity index (χ4v) is 2.79. The van der Waals surface area contributed by atoms with Gasteiger partial charge in [-0.1, -0.05) is 17.7 Å². The highest BCUT2D eigenvalue weighted by atomic mass is 35.5. The van der Waals surface area contributed by atoms with E-state index in [4.69, 9.17) is 11.6 Å². The van der Waals surface area contributed by atoms with Crippen molar-refractivity contribution in [2.75, 3.05) is 25.0 Å². The Labute approximate surface area is 132 Å². The summed E-state index contributed by atoms with van der Waals surface area (Å²) in [7, 11) is 1.73. The molecule has 2 amide bonds. The molecule has 0 aliphatic carbocycles. The first-order chi connectivity index (χ1) is 10.5. The number of phenols is 1. The number of likely N-dealkylation sites (N-methyl/N-ethyl adjacent to an activating group) is 1. The SMILES string of the molecule is CN1CCN(c2ccc(-c3cc(F)ccc3O)cc2Cl)C1=O. The van der Waals surface area contributed by atoms with E-state index in [1.54, 1.807) is 35.0 Å². The molecule has 1 fully saturated rings. The molecule has 1 heterocycles. The zero-order valence-electron chi connectivity index (χ0n) is 11.9. The molecular formula is C16H14ClFN2O2. The van der Waals surface area contributed by atoms with Gasteiger partial charge >= 0.3 is 6.03 Å². The highest BCUT2D eigenvalue weighted by Gasteiger charge is 2.28. The molecule has 0 aromatic heterocycles. The minimum absolute atomic E-state index is 0.0257. The summed E-state index contributed by atoms with van der Waals surface area (Å²) < 4.78 is 13.4. The zero-order chi connectivity index (χ0) is 15.9. The number of hydrogen-bond acceptors (Lipinski definition) is 2. The van der Waals surface area contributed by atoms with E-state index < -0.39 is 5.82 Å². The summed E-state index contributed by atoms with van der Waals surface area (Å²) in [5.74, 6) is -0.466. The average molecular weight is 321 g/mol. The van der Waals surface area contributed by atoms with E-state index in [1.807, 2.05) is 0 Å². The predicted molar refractivity (Wildman–Crippen MR) is 83.9 cm³/mol. The van der Waals surface area contributed by atoms with Gasteiger partial charge in [0.15, 0.2) is 0 Å².